The van der Waals surface area contributed by atoms with Gasteiger partial charge in [0.05, 0.1) is 24.0 Å². The van der Waals surface area contributed by atoms with Crippen LogP contribution in [0.3, 0.4) is 0 Å². The van der Waals surface area contributed by atoms with Crippen molar-refractivity contribution in [3.8, 4) is 0 Å². The Bertz CT molecular complexity index is 946. The number of amides is 1. The van der Waals surface area contributed by atoms with Crippen LogP contribution in [0.4, 0.5) is 11.6 Å². The van der Waals surface area contributed by atoms with E-state index in [1.807, 2.05) is 42.2 Å². The van der Waals surface area contributed by atoms with Crippen LogP contribution < -0.4 is 5.32 Å². The van der Waals surface area contributed by atoms with Gasteiger partial charge in [0.25, 0.3) is 5.91 Å². The molecular weight excluding hydrogens is 340 g/mol. The van der Waals surface area contributed by atoms with Crippen molar-refractivity contribution in [2.75, 3.05) is 11.9 Å². The van der Waals surface area contributed by atoms with Gasteiger partial charge in [-0.3, -0.25) is 4.79 Å². The number of nitrogens with zero attached hydrogens (tertiary/aromatic N) is 5. The molecule has 0 aromatic carbocycles. The number of carbonyl (C=O) groups excluding carboxylic acids is 1. The maximum absolute atomic E-state index is 12.9. The number of nitrogens with one attached hydrogen (secondary N) is 1. The van der Waals surface area contributed by atoms with E-state index < -0.39 is 0 Å². The molecule has 1 saturated heterocycles. The van der Waals surface area contributed by atoms with Crippen LogP contribution in [0.2, 0.25) is 0 Å². The van der Waals surface area contributed by atoms with Crippen LogP contribution in [0.5, 0.6) is 0 Å². The van der Waals surface area contributed by atoms with E-state index in [4.69, 9.17) is 0 Å². The van der Waals surface area contributed by atoms with Gasteiger partial charge in [-0.25, -0.2) is 9.97 Å². The molecule has 0 radical (unpaired) electrons. The zero-order valence-corrected chi connectivity index (χ0v) is 15.0. The number of aryl methyl sites for hydroxylation is 1. The molecule has 136 valence electrons. The van der Waals surface area contributed by atoms with Gasteiger partial charge in [0.15, 0.2) is 0 Å². The summed E-state index contributed by atoms with van der Waals surface area (Å²) in [6, 6.07) is 11.5. The highest BCUT2D eigenvalue weighted by Crippen LogP contribution is 2.33. The molecule has 3 aromatic heterocycles. The molecule has 3 aromatic rings. The first-order valence-corrected chi connectivity index (χ1v) is 8.95. The second kappa shape index (κ2) is 7.49. The SMILES string of the molecule is Cc1cccc(Nc2cc(C3CCCN3C(=O)c3ccnnc3)ccn2)n1. The molecule has 0 aliphatic carbocycles. The number of rotatable bonds is 4. The van der Waals surface area contributed by atoms with Gasteiger partial charge in [0, 0.05) is 18.4 Å². The summed E-state index contributed by atoms with van der Waals surface area (Å²) < 4.78 is 0. The molecule has 4 heterocycles. The Morgan fingerprint density at radius 3 is 2.89 bits per heavy atom. The second-order valence-corrected chi connectivity index (χ2v) is 6.55. The van der Waals surface area contributed by atoms with Gasteiger partial charge in [-0.1, -0.05) is 6.07 Å². The lowest BCUT2D eigenvalue weighted by Crippen LogP contribution is -2.30. The molecule has 1 amide bonds. The number of hydrogen-bond donors (Lipinski definition) is 1. The minimum Gasteiger partial charge on any atom is -0.332 e. The Labute approximate surface area is 157 Å². The minimum atomic E-state index is -0.0147. The van der Waals surface area contributed by atoms with Crippen LogP contribution in [0.15, 0.2) is 55.0 Å². The average molecular weight is 360 g/mol. The van der Waals surface area contributed by atoms with E-state index >= 15 is 0 Å². The molecule has 4 rings (SSSR count). The molecule has 1 aliphatic heterocycles. The van der Waals surface area contributed by atoms with E-state index in [1.54, 1.807) is 18.5 Å². The number of aromatic nitrogens is 4. The summed E-state index contributed by atoms with van der Waals surface area (Å²) in [7, 11) is 0. The van der Waals surface area contributed by atoms with Crippen molar-refractivity contribution < 1.29 is 4.79 Å². The number of pyridine rings is 2. The zero-order chi connectivity index (χ0) is 18.6. The second-order valence-electron chi connectivity index (χ2n) is 6.55. The monoisotopic (exact) mass is 360 g/mol. The number of likely N-dealkylation sites (tertiary alicyclic amines) is 1. The van der Waals surface area contributed by atoms with Crippen molar-refractivity contribution >= 4 is 17.5 Å². The van der Waals surface area contributed by atoms with E-state index in [0.29, 0.717) is 5.56 Å². The first-order chi connectivity index (χ1) is 13.2. The number of hydrogen-bond acceptors (Lipinski definition) is 6. The zero-order valence-electron chi connectivity index (χ0n) is 15.0. The lowest BCUT2D eigenvalue weighted by atomic mass is 10.1. The molecule has 0 bridgehead atoms. The third-order valence-electron chi connectivity index (χ3n) is 4.66. The summed E-state index contributed by atoms with van der Waals surface area (Å²) in [5.41, 5.74) is 2.57. The molecule has 27 heavy (non-hydrogen) atoms. The summed E-state index contributed by atoms with van der Waals surface area (Å²) in [4.78, 5) is 23.6. The summed E-state index contributed by atoms with van der Waals surface area (Å²) in [6.07, 6.45) is 6.72. The highest BCUT2D eigenvalue weighted by Gasteiger charge is 2.31. The largest absolute Gasteiger partial charge is 0.332 e. The van der Waals surface area contributed by atoms with Crippen LogP contribution in [-0.2, 0) is 0 Å². The quantitative estimate of drug-likeness (QED) is 0.768. The van der Waals surface area contributed by atoms with Crippen LogP contribution in [0.1, 0.15) is 40.5 Å². The van der Waals surface area contributed by atoms with Crippen molar-refractivity contribution in [3.05, 3.63) is 71.8 Å². The minimum absolute atomic E-state index is 0.0147. The fourth-order valence-corrected chi connectivity index (χ4v) is 3.41. The summed E-state index contributed by atoms with van der Waals surface area (Å²) in [5, 5.41) is 10.8. The van der Waals surface area contributed by atoms with E-state index in [9.17, 15) is 4.79 Å². The van der Waals surface area contributed by atoms with Crippen molar-refractivity contribution in [2.45, 2.75) is 25.8 Å². The highest BCUT2D eigenvalue weighted by molar-refractivity contribution is 5.94. The maximum atomic E-state index is 12.9. The lowest BCUT2D eigenvalue weighted by molar-refractivity contribution is 0.0735. The van der Waals surface area contributed by atoms with E-state index in [0.717, 1.165) is 42.3 Å². The van der Waals surface area contributed by atoms with Gasteiger partial charge >= 0.3 is 0 Å². The average Bonchev–Trinajstić information content (AvgIpc) is 3.18. The normalized spacial score (nSPS) is 16.3. The van der Waals surface area contributed by atoms with E-state index in [1.165, 1.54) is 6.20 Å². The Morgan fingerprint density at radius 2 is 2.07 bits per heavy atom. The van der Waals surface area contributed by atoms with Crippen LogP contribution >= 0.6 is 0 Å². The Balaban J connectivity index is 1.56. The van der Waals surface area contributed by atoms with Crippen LogP contribution in [-0.4, -0.2) is 37.5 Å². The Morgan fingerprint density at radius 1 is 1.15 bits per heavy atom. The van der Waals surface area contributed by atoms with Gasteiger partial charge in [-0.2, -0.15) is 10.2 Å². The van der Waals surface area contributed by atoms with Gasteiger partial charge in [-0.15, -0.1) is 0 Å². The first kappa shape index (κ1) is 17.1. The Kier molecular flexibility index (Phi) is 4.74. The molecule has 1 unspecified atom stereocenters. The molecule has 1 atom stereocenters. The molecule has 1 aliphatic rings. The molecular formula is C20H20N6O. The summed E-state index contributed by atoms with van der Waals surface area (Å²) in [6.45, 7) is 2.68. The molecule has 1 N–H and O–H groups in total. The molecule has 0 spiro atoms. The topological polar surface area (TPSA) is 83.9 Å². The number of carbonyl (C=O) groups is 1. The maximum Gasteiger partial charge on any atom is 0.256 e. The Hall–Kier alpha value is -3.35. The van der Waals surface area contributed by atoms with Gasteiger partial charge in [0.2, 0.25) is 0 Å². The van der Waals surface area contributed by atoms with Crippen LogP contribution in [0, 0.1) is 6.92 Å². The molecule has 7 heteroatoms. The van der Waals surface area contributed by atoms with Crippen molar-refractivity contribution in [1.82, 2.24) is 25.1 Å². The van der Waals surface area contributed by atoms with Crippen molar-refractivity contribution in [2.24, 2.45) is 0 Å². The van der Waals surface area contributed by atoms with E-state index in [-0.39, 0.29) is 11.9 Å². The van der Waals surface area contributed by atoms with Crippen LogP contribution in [0.25, 0.3) is 0 Å². The summed E-state index contributed by atoms with van der Waals surface area (Å²) in [5.74, 6) is 1.46. The third kappa shape index (κ3) is 3.76. The third-order valence-corrected chi connectivity index (χ3v) is 4.66. The van der Waals surface area contributed by atoms with Gasteiger partial charge in [0.1, 0.15) is 11.6 Å². The predicted octanol–water partition coefficient (Wildman–Crippen LogP) is 3.30. The summed E-state index contributed by atoms with van der Waals surface area (Å²) >= 11 is 0. The number of anilines is 2. The predicted molar refractivity (Wildman–Crippen MR) is 102 cm³/mol. The molecule has 0 saturated carbocycles. The van der Waals surface area contributed by atoms with Gasteiger partial charge < -0.3 is 10.2 Å². The fraction of sp³-hybridized carbons (Fsp3) is 0.250. The lowest BCUT2D eigenvalue weighted by Gasteiger charge is -2.25. The van der Waals surface area contributed by atoms with Gasteiger partial charge in [-0.05, 0) is 55.7 Å². The fourth-order valence-electron chi connectivity index (χ4n) is 3.41. The first-order valence-electron chi connectivity index (χ1n) is 8.95. The highest BCUT2D eigenvalue weighted by atomic mass is 16.2. The standard InChI is InChI=1S/C20H20N6O/c1-14-4-2-6-18(24-14)25-19-12-15(7-9-21-19)17-5-3-11-26(17)20(27)16-8-10-22-23-13-16/h2,4,6-10,12-13,17H,3,5,11H2,1H3,(H,21,24,25). The molecule has 1 fully saturated rings. The van der Waals surface area contributed by atoms with E-state index in [2.05, 4.69) is 25.5 Å². The van der Waals surface area contributed by atoms with Crippen molar-refractivity contribution in [1.29, 1.82) is 0 Å². The smallest absolute Gasteiger partial charge is 0.256 e. The molecule has 7 nitrogen and oxygen atoms in total. The van der Waals surface area contributed by atoms with Crippen molar-refractivity contribution in [3.63, 3.8) is 0 Å².